The van der Waals surface area contributed by atoms with Crippen LogP contribution in [0.25, 0.3) is 0 Å². The fourth-order valence-corrected chi connectivity index (χ4v) is 1.02. The first-order valence-corrected chi connectivity index (χ1v) is 5.04. The van der Waals surface area contributed by atoms with Crippen molar-refractivity contribution in [2.45, 2.75) is 19.9 Å². The Bertz CT molecular complexity index is 292. The number of rotatable bonds is 6. The molecule has 0 aliphatic rings. The second kappa shape index (κ2) is 7.31. The van der Waals surface area contributed by atoms with Crippen molar-refractivity contribution < 1.29 is 24.2 Å². The number of carboxylic acids is 1. The van der Waals surface area contributed by atoms with E-state index in [1.165, 1.54) is 0 Å². The van der Waals surface area contributed by atoms with Gasteiger partial charge >= 0.3 is 18.1 Å². The number of aliphatic carboxylic acids is 1. The van der Waals surface area contributed by atoms with Crippen LogP contribution >= 0.6 is 0 Å². The van der Waals surface area contributed by atoms with Gasteiger partial charge in [-0.3, -0.25) is 0 Å². The lowest BCUT2D eigenvalue weighted by Gasteiger charge is -2.18. The number of ether oxygens (including phenoxy) is 1. The first-order valence-electron chi connectivity index (χ1n) is 5.04. The van der Waals surface area contributed by atoms with Gasteiger partial charge < -0.3 is 26.2 Å². The molecule has 3 amide bonds. The van der Waals surface area contributed by atoms with Gasteiger partial charge in [-0.2, -0.15) is 0 Å². The number of hydrogen-bond donors (Lipinski definition) is 4. The molecular formula is C9H17N3O5. The van der Waals surface area contributed by atoms with Gasteiger partial charge in [-0.1, -0.05) is 13.8 Å². The molecule has 0 heterocycles. The van der Waals surface area contributed by atoms with Gasteiger partial charge in [-0.15, -0.1) is 0 Å². The van der Waals surface area contributed by atoms with E-state index in [4.69, 9.17) is 10.8 Å². The predicted octanol–water partition coefficient (Wildman–Crippen LogP) is -0.510. The largest absolute Gasteiger partial charge is 0.480 e. The molecule has 0 unspecified atom stereocenters. The second-order valence-electron chi connectivity index (χ2n) is 3.63. The third-order valence-electron chi connectivity index (χ3n) is 1.85. The first kappa shape index (κ1) is 15.0. The van der Waals surface area contributed by atoms with Gasteiger partial charge in [0.05, 0.1) is 6.54 Å². The number of primary amides is 1. The molecule has 0 aromatic carbocycles. The average Bonchev–Trinajstić information content (AvgIpc) is 2.19. The molecule has 98 valence electrons. The van der Waals surface area contributed by atoms with Crippen molar-refractivity contribution in [1.82, 2.24) is 10.6 Å². The lowest BCUT2D eigenvalue weighted by molar-refractivity contribution is -0.140. The van der Waals surface area contributed by atoms with E-state index in [-0.39, 0.29) is 19.1 Å². The molecule has 0 saturated heterocycles. The molecule has 0 bridgehead atoms. The van der Waals surface area contributed by atoms with E-state index >= 15 is 0 Å². The van der Waals surface area contributed by atoms with Gasteiger partial charge in [-0.05, 0) is 5.92 Å². The number of hydrogen-bond acceptors (Lipinski definition) is 4. The van der Waals surface area contributed by atoms with E-state index in [1.54, 1.807) is 13.8 Å². The zero-order chi connectivity index (χ0) is 13.4. The maximum absolute atomic E-state index is 11.2. The molecule has 0 aliphatic heterocycles. The zero-order valence-electron chi connectivity index (χ0n) is 9.73. The minimum Gasteiger partial charge on any atom is -0.480 e. The van der Waals surface area contributed by atoms with E-state index in [0.717, 1.165) is 0 Å². The van der Waals surface area contributed by atoms with Gasteiger partial charge in [0.1, 0.15) is 12.6 Å². The monoisotopic (exact) mass is 247 g/mol. The Morgan fingerprint density at radius 2 is 1.94 bits per heavy atom. The summed E-state index contributed by atoms with van der Waals surface area (Å²) in [7, 11) is 0. The van der Waals surface area contributed by atoms with E-state index in [1.807, 2.05) is 0 Å². The standard InChI is InChI=1S/C9H17N3O5/c1-5(2)6(7(13)14)12-9(16)11-3-4-17-8(10)15/h5-6H,3-4H2,1-2H3,(H2,10,15)(H,13,14)(H2,11,12,16)/t6-/m0/s1. The number of nitrogens with two attached hydrogens (primary N) is 1. The highest BCUT2D eigenvalue weighted by atomic mass is 16.5. The maximum atomic E-state index is 11.2. The van der Waals surface area contributed by atoms with Crippen LogP contribution < -0.4 is 16.4 Å². The van der Waals surface area contributed by atoms with E-state index in [2.05, 4.69) is 15.4 Å². The number of nitrogens with one attached hydrogen (secondary N) is 2. The molecule has 1 atom stereocenters. The van der Waals surface area contributed by atoms with Crippen LogP contribution in [0.15, 0.2) is 0 Å². The summed E-state index contributed by atoms with van der Waals surface area (Å²) in [5.74, 6) is -1.34. The molecule has 8 nitrogen and oxygen atoms in total. The lowest BCUT2D eigenvalue weighted by Crippen LogP contribution is -2.49. The Labute approximate surface area is 98.5 Å². The van der Waals surface area contributed by atoms with Crippen molar-refractivity contribution in [3.8, 4) is 0 Å². The van der Waals surface area contributed by atoms with Crippen molar-refractivity contribution in [2.75, 3.05) is 13.2 Å². The summed E-state index contributed by atoms with van der Waals surface area (Å²) in [5.41, 5.74) is 4.70. The van der Waals surface area contributed by atoms with Crippen molar-refractivity contribution in [3.05, 3.63) is 0 Å². The molecular weight excluding hydrogens is 230 g/mol. The molecule has 8 heteroatoms. The summed E-state index contributed by atoms with van der Waals surface area (Å²) >= 11 is 0. The molecule has 0 saturated carbocycles. The number of urea groups is 1. The fourth-order valence-electron chi connectivity index (χ4n) is 1.02. The van der Waals surface area contributed by atoms with Crippen LogP contribution in [-0.4, -0.2) is 42.4 Å². The molecule has 0 aromatic heterocycles. The molecule has 0 aromatic rings. The van der Waals surface area contributed by atoms with E-state index < -0.39 is 24.1 Å². The normalized spacial score (nSPS) is 11.7. The van der Waals surface area contributed by atoms with Crippen molar-refractivity contribution in [1.29, 1.82) is 0 Å². The molecule has 0 radical (unpaired) electrons. The Kier molecular flexibility index (Phi) is 6.46. The molecule has 0 spiro atoms. The van der Waals surface area contributed by atoms with Crippen LogP contribution in [0.4, 0.5) is 9.59 Å². The van der Waals surface area contributed by atoms with Crippen molar-refractivity contribution in [2.24, 2.45) is 11.7 Å². The highest BCUT2D eigenvalue weighted by molar-refractivity contribution is 5.82. The first-order chi connectivity index (χ1) is 7.84. The fraction of sp³-hybridized carbons (Fsp3) is 0.667. The summed E-state index contributed by atoms with van der Waals surface area (Å²) < 4.78 is 4.37. The van der Waals surface area contributed by atoms with E-state index in [9.17, 15) is 14.4 Å². The molecule has 17 heavy (non-hydrogen) atoms. The zero-order valence-corrected chi connectivity index (χ0v) is 9.73. The summed E-state index contributed by atoms with van der Waals surface area (Å²) in [6.45, 7) is 3.34. The SMILES string of the molecule is CC(C)[C@H](NC(=O)NCCOC(N)=O)C(=O)O. The third-order valence-corrected chi connectivity index (χ3v) is 1.85. The Morgan fingerprint density at radius 3 is 2.35 bits per heavy atom. The highest BCUT2D eigenvalue weighted by Crippen LogP contribution is 2.00. The number of carbonyl (C=O) groups excluding carboxylic acids is 2. The Morgan fingerprint density at radius 1 is 1.35 bits per heavy atom. The van der Waals surface area contributed by atoms with E-state index in [0.29, 0.717) is 0 Å². The van der Waals surface area contributed by atoms with Gasteiger partial charge in [0.2, 0.25) is 0 Å². The van der Waals surface area contributed by atoms with Gasteiger partial charge in [0.25, 0.3) is 0 Å². The number of amides is 3. The van der Waals surface area contributed by atoms with Crippen LogP contribution in [-0.2, 0) is 9.53 Å². The van der Waals surface area contributed by atoms with Gasteiger partial charge in [0.15, 0.2) is 0 Å². The highest BCUT2D eigenvalue weighted by Gasteiger charge is 2.22. The quantitative estimate of drug-likeness (QED) is 0.469. The topological polar surface area (TPSA) is 131 Å². The molecule has 5 N–H and O–H groups in total. The second-order valence-corrected chi connectivity index (χ2v) is 3.63. The molecule has 0 aliphatic carbocycles. The molecule has 0 rings (SSSR count). The van der Waals surface area contributed by atoms with Gasteiger partial charge in [-0.25, -0.2) is 14.4 Å². The predicted molar refractivity (Wildman–Crippen MR) is 58.3 cm³/mol. The summed E-state index contributed by atoms with van der Waals surface area (Å²) in [6, 6.07) is -1.61. The Hall–Kier alpha value is -1.99. The number of carboxylic acid groups (broad SMARTS) is 1. The smallest absolute Gasteiger partial charge is 0.404 e. The maximum Gasteiger partial charge on any atom is 0.404 e. The molecule has 0 fully saturated rings. The average molecular weight is 247 g/mol. The van der Waals surface area contributed by atoms with Crippen LogP contribution in [0.2, 0.25) is 0 Å². The lowest BCUT2D eigenvalue weighted by atomic mass is 10.1. The summed E-state index contributed by atoms with van der Waals surface area (Å²) in [6.07, 6.45) is -0.933. The van der Waals surface area contributed by atoms with Gasteiger partial charge in [0, 0.05) is 0 Å². The van der Waals surface area contributed by atoms with Crippen molar-refractivity contribution in [3.63, 3.8) is 0 Å². The minimum atomic E-state index is -1.11. The van der Waals surface area contributed by atoms with Crippen LogP contribution in [0.5, 0.6) is 0 Å². The summed E-state index contributed by atoms with van der Waals surface area (Å²) in [4.78, 5) is 32.2. The van der Waals surface area contributed by atoms with Crippen LogP contribution in [0.1, 0.15) is 13.8 Å². The van der Waals surface area contributed by atoms with Crippen molar-refractivity contribution >= 4 is 18.1 Å². The number of carbonyl (C=O) groups is 3. The summed E-state index contributed by atoms with van der Waals surface area (Å²) in [5, 5.41) is 13.4. The minimum absolute atomic E-state index is 0.0548. The van der Waals surface area contributed by atoms with Crippen LogP contribution in [0, 0.1) is 5.92 Å². The third kappa shape index (κ3) is 6.98. The van der Waals surface area contributed by atoms with Crippen LogP contribution in [0.3, 0.4) is 0 Å². The Balaban J connectivity index is 3.91.